The van der Waals surface area contributed by atoms with E-state index in [1.807, 2.05) is 6.07 Å². The highest BCUT2D eigenvalue weighted by atomic mass is 16.5. The summed E-state index contributed by atoms with van der Waals surface area (Å²) in [6, 6.07) is 6.56. The van der Waals surface area contributed by atoms with E-state index in [-0.39, 0.29) is 11.4 Å². The number of rotatable bonds is 4. The number of fused-ring (bicyclic) bond motifs is 2. The van der Waals surface area contributed by atoms with Gasteiger partial charge in [-0.15, -0.1) is 0 Å². The lowest BCUT2D eigenvalue weighted by molar-refractivity contribution is 0.0594. The van der Waals surface area contributed by atoms with Gasteiger partial charge in [0.05, 0.1) is 7.11 Å². The number of hydrogen-bond acceptors (Lipinski definition) is 5. The zero-order valence-corrected chi connectivity index (χ0v) is 14.0. The molecule has 0 spiro atoms. The normalized spacial score (nSPS) is 24.3. The topological polar surface area (TPSA) is 97.0 Å². The molecule has 2 aliphatic rings. The van der Waals surface area contributed by atoms with Crippen LogP contribution in [0.1, 0.15) is 58.3 Å². The average Bonchev–Trinajstić information content (AvgIpc) is 3.37. The first-order valence-corrected chi connectivity index (χ1v) is 8.56. The minimum atomic E-state index is -0.576. The van der Waals surface area contributed by atoms with Crippen LogP contribution in [0.3, 0.4) is 0 Å². The summed E-state index contributed by atoms with van der Waals surface area (Å²) >= 11 is 0. The first kappa shape index (κ1) is 15.8. The van der Waals surface area contributed by atoms with Gasteiger partial charge in [0.25, 0.3) is 5.91 Å². The number of anilines is 1. The number of ether oxygens (including phenoxy) is 1. The molecule has 0 aliphatic heterocycles. The van der Waals surface area contributed by atoms with Crippen molar-refractivity contribution in [1.29, 1.82) is 0 Å². The molecule has 2 bridgehead atoms. The number of nitrogens with one attached hydrogen (secondary N) is 2. The molecule has 3 atom stereocenters. The van der Waals surface area contributed by atoms with Gasteiger partial charge in [0.2, 0.25) is 0 Å². The highest BCUT2D eigenvalue weighted by Crippen LogP contribution is 2.52. The van der Waals surface area contributed by atoms with Crippen molar-refractivity contribution in [3.8, 4) is 0 Å². The van der Waals surface area contributed by atoms with Gasteiger partial charge in [0, 0.05) is 17.7 Å². The van der Waals surface area contributed by atoms with Crippen LogP contribution in [0, 0.1) is 11.8 Å². The van der Waals surface area contributed by atoms with E-state index in [4.69, 9.17) is 0 Å². The van der Waals surface area contributed by atoms with E-state index in [9.17, 15) is 9.59 Å². The molecule has 130 valence electrons. The predicted octanol–water partition coefficient (Wildman–Crippen LogP) is 2.75. The van der Waals surface area contributed by atoms with Crippen molar-refractivity contribution < 1.29 is 14.3 Å². The molecule has 2 saturated carbocycles. The number of methoxy groups -OCH3 is 1. The molecule has 0 unspecified atom stereocenters. The standard InChI is InChI=1S/C18H20N4O3/c1-25-18(24)14-4-2-3-13(19-14)17(23)20-16-9-15(21-22-16)12-8-10-5-6-11(12)7-10/h2-4,9-12H,5-8H2,1H3,(H2,20,21,22,23)/t10-,11-,12+/m0/s1. The molecule has 7 nitrogen and oxygen atoms in total. The van der Waals surface area contributed by atoms with Crippen LogP contribution in [0.15, 0.2) is 24.3 Å². The zero-order chi connectivity index (χ0) is 17.4. The summed E-state index contributed by atoms with van der Waals surface area (Å²) in [5.41, 5.74) is 1.34. The molecular weight excluding hydrogens is 320 g/mol. The molecular formula is C18H20N4O3. The molecule has 2 N–H and O–H groups in total. The fourth-order valence-electron chi connectivity index (χ4n) is 4.18. The first-order chi connectivity index (χ1) is 12.1. The van der Waals surface area contributed by atoms with Crippen molar-refractivity contribution in [2.45, 2.75) is 31.6 Å². The Kier molecular flexibility index (Phi) is 3.99. The number of aromatic nitrogens is 3. The fourth-order valence-corrected chi connectivity index (χ4v) is 4.18. The van der Waals surface area contributed by atoms with Crippen LogP contribution >= 0.6 is 0 Å². The second-order valence-electron chi connectivity index (χ2n) is 6.84. The van der Waals surface area contributed by atoms with Crippen molar-refractivity contribution in [1.82, 2.24) is 15.2 Å². The number of hydrogen-bond donors (Lipinski definition) is 2. The summed E-state index contributed by atoms with van der Waals surface area (Å²) in [4.78, 5) is 27.9. The number of pyridine rings is 1. The second kappa shape index (κ2) is 6.31. The fraction of sp³-hybridized carbons (Fsp3) is 0.444. The van der Waals surface area contributed by atoms with Gasteiger partial charge >= 0.3 is 5.97 Å². The summed E-state index contributed by atoms with van der Waals surface area (Å²) in [5, 5.41) is 10.0. The van der Waals surface area contributed by atoms with Crippen LogP contribution < -0.4 is 5.32 Å². The number of H-pyrrole nitrogens is 1. The largest absolute Gasteiger partial charge is 0.464 e. The monoisotopic (exact) mass is 340 g/mol. The Morgan fingerprint density at radius 1 is 1.24 bits per heavy atom. The van der Waals surface area contributed by atoms with Crippen molar-refractivity contribution in [3.05, 3.63) is 41.3 Å². The summed E-state index contributed by atoms with van der Waals surface area (Å²) < 4.78 is 4.62. The lowest BCUT2D eigenvalue weighted by Gasteiger charge is -2.19. The zero-order valence-electron chi connectivity index (χ0n) is 14.0. The first-order valence-electron chi connectivity index (χ1n) is 8.56. The molecule has 2 aromatic rings. The Balaban J connectivity index is 1.46. The van der Waals surface area contributed by atoms with E-state index >= 15 is 0 Å². The number of carbonyl (C=O) groups excluding carboxylic acids is 2. The summed E-state index contributed by atoms with van der Waals surface area (Å²) in [7, 11) is 1.28. The van der Waals surface area contributed by atoms with E-state index in [0.717, 1.165) is 17.5 Å². The number of esters is 1. The Hall–Kier alpha value is -2.70. The minimum Gasteiger partial charge on any atom is -0.464 e. The summed E-state index contributed by atoms with van der Waals surface area (Å²) in [6.45, 7) is 0. The van der Waals surface area contributed by atoms with Gasteiger partial charge in [-0.2, -0.15) is 5.10 Å². The molecule has 2 aromatic heterocycles. The Morgan fingerprint density at radius 2 is 2.08 bits per heavy atom. The molecule has 7 heteroatoms. The van der Waals surface area contributed by atoms with Gasteiger partial charge in [0.1, 0.15) is 11.4 Å². The van der Waals surface area contributed by atoms with E-state index in [1.165, 1.54) is 38.9 Å². The summed E-state index contributed by atoms with van der Waals surface area (Å²) in [6.07, 6.45) is 5.17. The number of nitrogens with zero attached hydrogens (tertiary/aromatic N) is 2. The molecule has 0 aromatic carbocycles. The maximum atomic E-state index is 12.4. The maximum Gasteiger partial charge on any atom is 0.356 e. The van der Waals surface area contributed by atoms with Gasteiger partial charge in [-0.3, -0.25) is 9.89 Å². The molecule has 0 saturated heterocycles. The third-order valence-corrected chi connectivity index (χ3v) is 5.35. The van der Waals surface area contributed by atoms with Crippen molar-refractivity contribution in [3.63, 3.8) is 0 Å². The molecule has 1 amide bonds. The third-order valence-electron chi connectivity index (χ3n) is 5.35. The Labute approximate surface area is 145 Å². The molecule has 25 heavy (non-hydrogen) atoms. The smallest absolute Gasteiger partial charge is 0.356 e. The number of amides is 1. The van der Waals surface area contributed by atoms with Crippen molar-refractivity contribution >= 4 is 17.7 Å². The van der Waals surface area contributed by atoms with Crippen molar-refractivity contribution in [2.24, 2.45) is 11.8 Å². The van der Waals surface area contributed by atoms with Gasteiger partial charge in [0.15, 0.2) is 5.82 Å². The van der Waals surface area contributed by atoms with Crippen molar-refractivity contribution in [2.75, 3.05) is 12.4 Å². The van der Waals surface area contributed by atoms with Crippen LogP contribution in [-0.4, -0.2) is 34.2 Å². The van der Waals surface area contributed by atoms with E-state index in [1.54, 1.807) is 12.1 Å². The maximum absolute atomic E-state index is 12.4. The van der Waals surface area contributed by atoms with Gasteiger partial charge in [-0.05, 0) is 43.2 Å². The average molecular weight is 340 g/mol. The molecule has 2 aliphatic carbocycles. The van der Waals surface area contributed by atoms with E-state index < -0.39 is 11.9 Å². The lowest BCUT2D eigenvalue weighted by Crippen LogP contribution is -2.16. The van der Waals surface area contributed by atoms with E-state index in [0.29, 0.717) is 11.7 Å². The Bertz CT molecular complexity index is 816. The number of aromatic amines is 1. The molecule has 4 rings (SSSR count). The van der Waals surface area contributed by atoms with Crippen LogP contribution in [-0.2, 0) is 4.74 Å². The second-order valence-corrected chi connectivity index (χ2v) is 6.84. The molecule has 2 heterocycles. The van der Waals surface area contributed by atoms with Gasteiger partial charge < -0.3 is 10.1 Å². The predicted molar refractivity (Wildman–Crippen MR) is 90.3 cm³/mol. The lowest BCUT2D eigenvalue weighted by atomic mass is 9.86. The highest BCUT2D eigenvalue weighted by molar-refractivity contribution is 6.03. The highest BCUT2D eigenvalue weighted by Gasteiger charge is 2.40. The quantitative estimate of drug-likeness (QED) is 0.834. The molecule has 2 fully saturated rings. The minimum absolute atomic E-state index is 0.0971. The van der Waals surface area contributed by atoms with Crippen LogP contribution in [0.25, 0.3) is 0 Å². The van der Waals surface area contributed by atoms with Gasteiger partial charge in [-0.1, -0.05) is 12.5 Å². The number of carbonyl (C=O) groups is 2. The van der Waals surface area contributed by atoms with Gasteiger partial charge in [-0.25, -0.2) is 9.78 Å². The SMILES string of the molecule is COC(=O)c1cccc(C(=O)Nc2cc([C@@H]3C[C@H]4CC[C@H]3C4)[nH]n2)n1. The summed E-state index contributed by atoms with van der Waals surface area (Å²) in [5.74, 6) is 1.62. The van der Waals surface area contributed by atoms with Crippen LogP contribution in [0.5, 0.6) is 0 Å². The molecule has 0 radical (unpaired) electrons. The third kappa shape index (κ3) is 3.01. The Morgan fingerprint density at radius 3 is 2.80 bits per heavy atom. The van der Waals surface area contributed by atoms with Crippen LogP contribution in [0.4, 0.5) is 5.82 Å². The van der Waals surface area contributed by atoms with Crippen LogP contribution in [0.2, 0.25) is 0 Å². The van der Waals surface area contributed by atoms with E-state index in [2.05, 4.69) is 25.2 Å².